The van der Waals surface area contributed by atoms with E-state index in [1.54, 1.807) is 23.1 Å². The van der Waals surface area contributed by atoms with Crippen molar-refractivity contribution >= 4 is 11.9 Å². The van der Waals surface area contributed by atoms with Crippen LogP contribution in [0, 0.1) is 0 Å². The van der Waals surface area contributed by atoms with Crippen molar-refractivity contribution in [3.05, 3.63) is 65.8 Å². The Labute approximate surface area is 148 Å². The minimum Gasteiger partial charge on any atom is -0.488 e. The summed E-state index contributed by atoms with van der Waals surface area (Å²) in [5, 5.41) is 4.09. The van der Waals surface area contributed by atoms with Crippen LogP contribution in [0.4, 0.5) is 0 Å². The zero-order valence-electron chi connectivity index (χ0n) is 13.6. The van der Waals surface area contributed by atoms with Gasteiger partial charge < -0.3 is 14.2 Å². The monoisotopic (exact) mass is 347 g/mol. The summed E-state index contributed by atoms with van der Waals surface area (Å²) in [5.41, 5.74) is 2.88. The fourth-order valence-corrected chi connectivity index (χ4v) is 2.99. The SMILES string of the molecule is O=C1/C(=C\c2ccc(-n3cncn3)cc2)COc2cc3c(cc21)OCO3. The van der Waals surface area contributed by atoms with E-state index in [2.05, 4.69) is 10.1 Å². The van der Waals surface area contributed by atoms with E-state index in [0.717, 1.165) is 11.3 Å². The molecule has 5 rings (SSSR count). The first-order valence-electron chi connectivity index (χ1n) is 8.05. The Balaban J connectivity index is 1.45. The van der Waals surface area contributed by atoms with Crippen molar-refractivity contribution in [2.75, 3.05) is 13.4 Å². The Morgan fingerprint density at radius 3 is 2.58 bits per heavy atom. The normalized spacial score (nSPS) is 16.5. The highest BCUT2D eigenvalue weighted by molar-refractivity contribution is 6.14. The van der Waals surface area contributed by atoms with Crippen molar-refractivity contribution in [2.45, 2.75) is 0 Å². The fourth-order valence-electron chi connectivity index (χ4n) is 2.99. The molecule has 0 spiro atoms. The lowest BCUT2D eigenvalue weighted by Crippen LogP contribution is -2.19. The van der Waals surface area contributed by atoms with Gasteiger partial charge in [-0.25, -0.2) is 9.67 Å². The van der Waals surface area contributed by atoms with Crippen molar-refractivity contribution in [3.63, 3.8) is 0 Å². The molecule has 0 bridgehead atoms. The molecule has 0 fully saturated rings. The van der Waals surface area contributed by atoms with Crippen LogP contribution in [0.1, 0.15) is 15.9 Å². The molecule has 2 aromatic carbocycles. The first kappa shape index (κ1) is 14.7. The van der Waals surface area contributed by atoms with Gasteiger partial charge >= 0.3 is 0 Å². The highest BCUT2D eigenvalue weighted by Gasteiger charge is 2.27. The number of carbonyl (C=O) groups is 1. The largest absolute Gasteiger partial charge is 0.488 e. The van der Waals surface area contributed by atoms with Crippen molar-refractivity contribution in [3.8, 4) is 22.9 Å². The molecule has 7 heteroatoms. The second-order valence-corrected chi connectivity index (χ2v) is 5.92. The summed E-state index contributed by atoms with van der Waals surface area (Å²) in [6.07, 6.45) is 4.95. The molecule has 2 aliphatic heterocycles. The molecular weight excluding hydrogens is 334 g/mol. The van der Waals surface area contributed by atoms with Crippen molar-refractivity contribution in [2.24, 2.45) is 0 Å². The summed E-state index contributed by atoms with van der Waals surface area (Å²) in [5.74, 6) is 1.63. The predicted molar refractivity (Wildman–Crippen MR) is 91.7 cm³/mol. The van der Waals surface area contributed by atoms with Crippen molar-refractivity contribution in [1.82, 2.24) is 14.8 Å². The third kappa shape index (κ3) is 2.41. The molecule has 0 unspecified atom stereocenters. The number of ketones is 1. The Morgan fingerprint density at radius 2 is 1.81 bits per heavy atom. The topological polar surface area (TPSA) is 75.5 Å². The summed E-state index contributed by atoms with van der Waals surface area (Å²) in [6.45, 7) is 0.379. The summed E-state index contributed by atoms with van der Waals surface area (Å²) in [7, 11) is 0. The van der Waals surface area contributed by atoms with Gasteiger partial charge in [0, 0.05) is 11.6 Å². The number of rotatable bonds is 2. The van der Waals surface area contributed by atoms with E-state index >= 15 is 0 Å². The summed E-state index contributed by atoms with van der Waals surface area (Å²) >= 11 is 0. The number of hydrogen-bond donors (Lipinski definition) is 0. The second kappa shape index (κ2) is 5.73. The predicted octanol–water partition coefficient (Wildman–Crippen LogP) is 2.65. The molecule has 0 aliphatic carbocycles. The zero-order chi connectivity index (χ0) is 17.5. The molecule has 0 amide bonds. The number of carbonyl (C=O) groups excluding carboxylic acids is 1. The van der Waals surface area contributed by atoms with Gasteiger partial charge in [-0.2, -0.15) is 5.10 Å². The van der Waals surface area contributed by atoms with E-state index in [1.165, 1.54) is 6.33 Å². The van der Waals surface area contributed by atoms with Gasteiger partial charge in [0.1, 0.15) is 25.0 Å². The lowest BCUT2D eigenvalue weighted by molar-refractivity contribution is 0.100. The average Bonchev–Trinajstić information content (AvgIpc) is 3.35. The zero-order valence-corrected chi connectivity index (χ0v) is 13.6. The van der Waals surface area contributed by atoms with Crippen LogP contribution in [0.2, 0.25) is 0 Å². The number of Topliss-reactive ketones (excluding diaryl/α,β-unsaturated/α-hetero) is 1. The lowest BCUT2D eigenvalue weighted by atomic mass is 9.98. The van der Waals surface area contributed by atoms with E-state index in [9.17, 15) is 4.79 Å². The second-order valence-electron chi connectivity index (χ2n) is 5.92. The van der Waals surface area contributed by atoms with Crippen LogP contribution in [-0.4, -0.2) is 33.9 Å². The molecule has 0 atom stereocenters. The highest BCUT2D eigenvalue weighted by Crippen LogP contribution is 2.40. The minimum atomic E-state index is -0.0649. The highest BCUT2D eigenvalue weighted by atomic mass is 16.7. The van der Waals surface area contributed by atoms with E-state index in [4.69, 9.17) is 14.2 Å². The van der Waals surface area contributed by atoms with Crippen molar-refractivity contribution in [1.29, 1.82) is 0 Å². The number of hydrogen-bond acceptors (Lipinski definition) is 6. The Morgan fingerprint density at radius 1 is 1.00 bits per heavy atom. The summed E-state index contributed by atoms with van der Waals surface area (Å²) in [4.78, 5) is 16.7. The Hall–Kier alpha value is -3.61. The molecule has 3 heterocycles. The molecule has 7 nitrogen and oxygen atoms in total. The van der Waals surface area contributed by atoms with Gasteiger partial charge in [0.15, 0.2) is 17.3 Å². The molecule has 128 valence electrons. The van der Waals surface area contributed by atoms with Crippen LogP contribution >= 0.6 is 0 Å². The molecule has 3 aromatic rings. The molecule has 0 saturated carbocycles. The molecule has 0 saturated heterocycles. The molecule has 26 heavy (non-hydrogen) atoms. The van der Waals surface area contributed by atoms with Gasteiger partial charge in [0.2, 0.25) is 6.79 Å². The summed E-state index contributed by atoms with van der Waals surface area (Å²) < 4.78 is 18.1. The maximum Gasteiger partial charge on any atom is 0.231 e. The molecule has 2 aliphatic rings. The third-order valence-corrected chi connectivity index (χ3v) is 4.31. The van der Waals surface area contributed by atoms with Crippen molar-refractivity contribution < 1.29 is 19.0 Å². The maximum absolute atomic E-state index is 12.8. The van der Waals surface area contributed by atoms with Gasteiger partial charge in [0.25, 0.3) is 0 Å². The maximum atomic E-state index is 12.8. The lowest BCUT2D eigenvalue weighted by Gasteiger charge is -2.19. The standard InChI is InChI=1S/C19H13N3O4/c23-19-13(5-12-1-3-14(4-2-12)22-10-20-9-21-22)8-24-16-7-18-17(6-15(16)19)25-11-26-18/h1-7,9-10H,8,11H2/b13-5-. The molecule has 0 N–H and O–H groups in total. The van der Waals surface area contributed by atoms with Crippen LogP contribution in [0.5, 0.6) is 17.2 Å². The average molecular weight is 347 g/mol. The number of aromatic nitrogens is 3. The van der Waals surface area contributed by atoms with Crippen LogP contribution in [0.15, 0.2) is 54.6 Å². The van der Waals surface area contributed by atoms with Crippen LogP contribution in [-0.2, 0) is 0 Å². The van der Waals surface area contributed by atoms with Crippen LogP contribution < -0.4 is 14.2 Å². The number of fused-ring (bicyclic) bond motifs is 2. The van der Waals surface area contributed by atoms with Gasteiger partial charge in [0.05, 0.1) is 11.3 Å². The van der Waals surface area contributed by atoms with E-state index < -0.39 is 0 Å². The number of ether oxygens (including phenoxy) is 3. The Bertz CT molecular complexity index is 1020. The first-order valence-corrected chi connectivity index (χ1v) is 8.05. The minimum absolute atomic E-state index is 0.0649. The van der Waals surface area contributed by atoms with Crippen LogP contribution in [0.3, 0.4) is 0 Å². The van der Waals surface area contributed by atoms with E-state index in [1.807, 2.05) is 30.3 Å². The fraction of sp³-hybridized carbons (Fsp3) is 0.105. The van der Waals surface area contributed by atoms with E-state index in [-0.39, 0.29) is 19.2 Å². The third-order valence-electron chi connectivity index (χ3n) is 4.31. The molecule has 0 radical (unpaired) electrons. The summed E-state index contributed by atoms with van der Waals surface area (Å²) in [6, 6.07) is 11.1. The van der Waals surface area contributed by atoms with Gasteiger partial charge in [-0.3, -0.25) is 4.79 Å². The van der Waals surface area contributed by atoms with Gasteiger partial charge in [-0.15, -0.1) is 0 Å². The van der Waals surface area contributed by atoms with Gasteiger partial charge in [-0.1, -0.05) is 12.1 Å². The first-order chi connectivity index (χ1) is 12.8. The number of nitrogens with zero attached hydrogens (tertiary/aromatic N) is 3. The van der Waals surface area contributed by atoms with Crippen LogP contribution in [0.25, 0.3) is 11.8 Å². The quantitative estimate of drug-likeness (QED) is 0.664. The van der Waals surface area contributed by atoms with Gasteiger partial charge in [-0.05, 0) is 29.8 Å². The van der Waals surface area contributed by atoms with E-state index in [0.29, 0.717) is 28.4 Å². The number of benzene rings is 2. The smallest absolute Gasteiger partial charge is 0.231 e. The Kier molecular flexibility index (Phi) is 3.24. The molecular formula is C19H13N3O4. The molecule has 1 aromatic heterocycles.